The fraction of sp³-hybridized carbons (Fsp3) is 1.00. The SMILES string of the molecule is CC(C)OCP(=O)(O)O. The molecular weight excluding hydrogens is 143 g/mol. The molecular formula is C4H11O4P. The second-order valence-electron chi connectivity index (χ2n) is 2.01. The molecule has 0 bridgehead atoms. The van der Waals surface area contributed by atoms with Gasteiger partial charge in [-0.25, -0.2) is 0 Å². The molecule has 0 aromatic rings. The highest BCUT2D eigenvalue weighted by atomic mass is 31.2. The largest absolute Gasteiger partial charge is 0.366 e. The summed E-state index contributed by atoms with van der Waals surface area (Å²) in [7, 11) is -3.94. The van der Waals surface area contributed by atoms with E-state index < -0.39 is 13.9 Å². The molecule has 4 nitrogen and oxygen atoms in total. The summed E-state index contributed by atoms with van der Waals surface area (Å²) < 4.78 is 14.7. The molecule has 0 amide bonds. The van der Waals surface area contributed by atoms with Crippen LogP contribution in [0.15, 0.2) is 0 Å². The molecule has 9 heavy (non-hydrogen) atoms. The van der Waals surface area contributed by atoms with Crippen molar-refractivity contribution in [1.29, 1.82) is 0 Å². The van der Waals surface area contributed by atoms with E-state index >= 15 is 0 Å². The average molecular weight is 154 g/mol. The second kappa shape index (κ2) is 3.32. The fourth-order valence-electron chi connectivity index (χ4n) is 0.246. The van der Waals surface area contributed by atoms with Gasteiger partial charge in [-0.05, 0) is 13.8 Å². The number of hydrogen-bond donors (Lipinski definition) is 2. The number of ether oxygens (including phenoxy) is 1. The molecule has 0 aliphatic heterocycles. The Morgan fingerprint density at radius 3 is 2.11 bits per heavy atom. The van der Waals surface area contributed by atoms with Gasteiger partial charge in [-0.15, -0.1) is 0 Å². The van der Waals surface area contributed by atoms with Crippen LogP contribution in [0.4, 0.5) is 0 Å². The quantitative estimate of drug-likeness (QED) is 0.582. The zero-order chi connectivity index (χ0) is 7.49. The van der Waals surface area contributed by atoms with E-state index in [-0.39, 0.29) is 6.10 Å². The minimum Gasteiger partial charge on any atom is -0.366 e. The molecule has 0 unspecified atom stereocenters. The molecule has 0 spiro atoms. The summed E-state index contributed by atoms with van der Waals surface area (Å²) in [5, 5.41) is 0. The maximum Gasteiger partial charge on any atom is 0.350 e. The van der Waals surface area contributed by atoms with Crippen LogP contribution in [-0.4, -0.2) is 22.2 Å². The van der Waals surface area contributed by atoms with Crippen LogP contribution in [-0.2, 0) is 9.30 Å². The van der Waals surface area contributed by atoms with Gasteiger partial charge >= 0.3 is 7.60 Å². The van der Waals surface area contributed by atoms with Crippen molar-refractivity contribution in [2.45, 2.75) is 20.0 Å². The van der Waals surface area contributed by atoms with E-state index in [0.717, 1.165) is 0 Å². The number of rotatable bonds is 3. The maximum atomic E-state index is 10.1. The Balaban J connectivity index is 3.40. The second-order valence-corrected chi connectivity index (χ2v) is 3.60. The van der Waals surface area contributed by atoms with Gasteiger partial charge in [-0.1, -0.05) is 0 Å². The van der Waals surface area contributed by atoms with Crippen molar-refractivity contribution < 1.29 is 19.1 Å². The molecule has 0 aliphatic carbocycles. The maximum absolute atomic E-state index is 10.1. The van der Waals surface area contributed by atoms with Crippen molar-refractivity contribution >= 4 is 7.60 Å². The Hall–Kier alpha value is 0.110. The predicted molar refractivity (Wildman–Crippen MR) is 33.1 cm³/mol. The topological polar surface area (TPSA) is 66.8 Å². The van der Waals surface area contributed by atoms with Crippen molar-refractivity contribution in [3.8, 4) is 0 Å². The molecule has 2 N–H and O–H groups in total. The van der Waals surface area contributed by atoms with Gasteiger partial charge < -0.3 is 14.5 Å². The van der Waals surface area contributed by atoms with E-state index in [1.165, 1.54) is 0 Å². The first-order valence-corrected chi connectivity index (χ1v) is 4.38. The molecule has 0 aromatic heterocycles. The molecule has 0 aromatic carbocycles. The molecule has 0 atom stereocenters. The first-order chi connectivity index (χ1) is 3.92. The van der Waals surface area contributed by atoms with Crippen molar-refractivity contribution in [3.63, 3.8) is 0 Å². The summed E-state index contributed by atoms with van der Waals surface area (Å²) >= 11 is 0. The highest BCUT2D eigenvalue weighted by molar-refractivity contribution is 7.51. The molecule has 0 heterocycles. The molecule has 56 valence electrons. The van der Waals surface area contributed by atoms with Crippen LogP contribution >= 0.6 is 7.60 Å². The lowest BCUT2D eigenvalue weighted by Gasteiger charge is -2.07. The lowest BCUT2D eigenvalue weighted by atomic mass is 10.5. The minimum absolute atomic E-state index is 0.127. The summed E-state index contributed by atoms with van der Waals surface area (Å²) in [5.74, 6) is 0. The van der Waals surface area contributed by atoms with Crippen LogP contribution in [0, 0.1) is 0 Å². The summed E-state index contributed by atoms with van der Waals surface area (Å²) in [6.45, 7) is 3.44. The third-order valence-electron chi connectivity index (χ3n) is 0.576. The summed E-state index contributed by atoms with van der Waals surface area (Å²) in [4.78, 5) is 16.5. The van der Waals surface area contributed by atoms with Gasteiger partial charge in [0.15, 0.2) is 0 Å². The van der Waals surface area contributed by atoms with Crippen LogP contribution in [0.5, 0.6) is 0 Å². The van der Waals surface area contributed by atoms with E-state index in [0.29, 0.717) is 0 Å². The normalized spacial score (nSPS) is 12.6. The summed E-state index contributed by atoms with van der Waals surface area (Å²) in [6.07, 6.45) is -0.609. The molecule has 0 saturated heterocycles. The highest BCUT2D eigenvalue weighted by Crippen LogP contribution is 2.34. The zero-order valence-corrected chi connectivity index (χ0v) is 6.34. The van der Waals surface area contributed by atoms with Crippen LogP contribution in [0.2, 0.25) is 0 Å². The number of hydrogen-bond acceptors (Lipinski definition) is 2. The van der Waals surface area contributed by atoms with Crippen molar-refractivity contribution in [2.24, 2.45) is 0 Å². The van der Waals surface area contributed by atoms with Crippen LogP contribution in [0.3, 0.4) is 0 Å². The smallest absolute Gasteiger partial charge is 0.350 e. The Labute approximate surface area is 54.0 Å². The summed E-state index contributed by atoms with van der Waals surface area (Å²) in [6, 6.07) is 0. The molecule has 0 radical (unpaired) electrons. The van der Waals surface area contributed by atoms with Gasteiger partial charge in [0.1, 0.15) is 6.35 Å². The summed E-state index contributed by atoms with van der Waals surface area (Å²) in [5.41, 5.74) is 0. The Bertz CT molecular complexity index is 116. The molecule has 0 aliphatic rings. The van der Waals surface area contributed by atoms with Gasteiger partial charge in [-0.2, -0.15) is 0 Å². The highest BCUT2D eigenvalue weighted by Gasteiger charge is 2.12. The van der Waals surface area contributed by atoms with Gasteiger partial charge in [0, 0.05) is 0 Å². The predicted octanol–water partition coefficient (Wildman–Crippen LogP) is 0.547. The Kier molecular flexibility index (Phi) is 3.36. The first kappa shape index (κ1) is 9.11. The van der Waals surface area contributed by atoms with Crippen molar-refractivity contribution in [2.75, 3.05) is 6.35 Å². The first-order valence-electron chi connectivity index (χ1n) is 2.58. The van der Waals surface area contributed by atoms with E-state index in [9.17, 15) is 4.57 Å². The standard InChI is InChI=1S/C4H11O4P/c1-4(2)8-3-9(5,6)7/h4H,3H2,1-2H3,(H2,5,6,7). The Morgan fingerprint density at radius 2 is 2.00 bits per heavy atom. The van der Waals surface area contributed by atoms with Crippen LogP contribution < -0.4 is 0 Å². The van der Waals surface area contributed by atoms with E-state index in [2.05, 4.69) is 4.74 Å². The van der Waals surface area contributed by atoms with Gasteiger partial charge in [0.2, 0.25) is 0 Å². The average Bonchev–Trinajstić information content (AvgIpc) is 1.59. The van der Waals surface area contributed by atoms with Crippen molar-refractivity contribution in [1.82, 2.24) is 0 Å². The van der Waals surface area contributed by atoms with E-state index in [1.807, 2.05) is 0 Å². The van der Waals surface area contributed by atoms with Crippen molar-refractivity contribution in [3.05, 3.63) is 0 Å². The van der Waals surface area contributed by atoms with E-state index in [1.54, 1.807) is 13.8 Å². The monoisotopic (exact) mass is 154 g/mol. The lowest BCUT2D eigenvalue weighted by Crippen LogP contribution is -2.03. The van der Waals surface area contributed by atoms with Crippen LogP contribution in [0.25, 0.3) is 0 Å². The fourth-order valence-corrected chi connectivity index (χ4v) is 0.739. The minimum atomic E-state index is -3.94. The third-order valence-corrected chi connectivity index (χ3v) is 1.06. The lowest BCUT2D eigenvalue weighted by molar-refractivity contribution is 0.102. The van der Waals surface area contributed by atoms with Gasteiger partial charge in [-0.3, -0.25) is 4.57 Å². The molecule has 5 heteroatoms. The van der Waals surface area contributed by atoms with Gasteiger partial charge in [0.25, 0.3) is 0 Å². The van der Waals surface area contributed by atoms with E-state index in [4.69, 9.17) is 9.79 Å². The third kappa shape index (κ3) is 8.11. The molecule has 0 fully saturated rings. The Morgan fingerprint density at radius 1 is 1.56 bits per heavy atom. The molecule has 0 rings (SSSR count). The molecule has 0 saturated carbocycles. The van der Waals surface area contributed by atoms with Gasteiger partial charge in [0.05, 0.1) is 6.10 Å². The van der Waals surface area contributed by atoms with Crippen LogP contribution in [0.1, 0.15) is 13.8 Å². The zero-order valence-electron chi connectivity index (χ0n) is 5.44.